The van der Waals surface area contributed by atoms with Gasteiger partial charge in [0.05, 0.1) is 41.3 Å². The highest BCUT2D eigenvalue weighted by molar-refractivity contribution is 6.33. The van der Waals surface area contributed by atoms with Gasteiger partial charge >= 0.3 is 12.0 Å². The van der Waals surface area contributed by atoms with Crippen molar-refractivity contribution < 1.29 is 24.0 Å². The summed E-state index contributed by atoms with van der Waals surface area (Å²) in [5, 5.41) is 10.0. The highest BCUT2D eigenvalue weighted by atomic mass is 35.5. The number of carbonyl (C=O) groups excluding carboxylic acids is 2. The van der Waals surface area contributed by atoms with Gasteiger partial charge < -0.3 is 14.9 Å². The minimum Gasteiger partial charge on any atom is -0.465 e. The summed E-state index contributed by atoms with van der Waals surface area (Å²) in [6, 6.07) is 14.1. The number of benzene rings is 2. The number of likely N-dealkylation sites (tertiary alicyclic amines) is 2. The predicted octanol–water partition coefficient (Wildman–Crippen LogP) is 7.09. The van der Waals surface area contributed by atoms with E-state index in [-0.39, 0.29) is 29.3 Å². The van der Waals surface area contributed by atoms with Gasteiger partial charge in [0.1, 0.15) is 0 Å². The van der Waals surface area contributed by atoms with Crippen LogP contribution in [-0.4, -0.2) is 75.6 Å². The highest BCUT2D eigenvalue weighted by Gasteiger charge is 2.57. The normalized spacial score (nSPS) is 26.8. The molecular formula is C35H43ClN3O4+. The van der Waals surface area contributed by atoms with Crippen LogP contribution in [0.25, 0.3) is 0 Å². The van der Waals surface area contributed by atoms with E-state index in [1.807, 2.05) is 24.3 Å². The maximum absolute atomic E-state index is 14.9. The van der Waals surface area contributed by atoms with Gasteiger partial charge in [-0.1, -0.05) is 36.2 Å². The Kier molecular flexibility index (Phi) is 7.53. The third-order valence-electron chi connectivity index (χ3n) is 11.5. The van der Waals surface area contributed by atoms with Crippen LogP contribution in [0.15, 0.2) is 42.5 Å². The number of carboxylic acid groups (broad SMARTS) is 1. The number of nitrogens with zero attached hydrogens (tertiary/aromatic N) is 3. The standard InChI is InChI=1S/C35H42ClN3O4/c36-30-9-5-4-8-28(30)32(40)38(26-13-14-26)31-15-12-24-10-11-25(22-29(24)31)33(41)39(27-6-2-1-3-7-27)21-18-35(23-39)16-19-37(20-17-35)34(42)43/h4-5,8-11,22,26-27,31H,1-3,6-7,12-21,23H2/p+1. The van der Waals surface area contributed by atoms with E-state index in [9.17, 15) is 19.5 Å². The number of carbonyl (C=O) groups is 3. The van der Waals surface area contributed by atoms with E-state index in [0.717, 1.165) is 82.0 Å². The maximum Gasteiger partial charge on any atom is 0.407 e. The topological polar surface area (TPSA) is 77.9 Å². The fourth-order valence-electron chi connectivity index (χ4n) is 8.95. The number of halogens is 1. The van der Waals surface area contributed by atoms with Crippen molar-refractivity contribution in [1.82, 2.24) is 9.80 Å². The molecule has 2 atom stereocenters. The molecule has 3 amide bonds. The van der Waals surface area contributed by atoms with Crippen molar-refractivity contribution in [3.05, 3.63) is 69.7 Å². The van der Waals surface area contributed by atoms with Crippen molar-refractivity contribution in [1.29, 1.82) is 0 Å². The van der Waals surface area contributed by atoms with Gasteiger partial charge in [0.2, 0.25) is 0 Å². The number of fused-ring (bicyclic) bond motifs is 1. The lowest BCUT2D eigenvalue weighted by Gasteiger charge is -2.44. The summed E-state index contributed by atoms with van der Waals surface area (Å²) in [5.74, 6) is 0.218. The maximum atomic E-state index is 14.9. The molecule has 2 unspecified atom stereocenters. The molecule has 7 nitrogen and oxygen atoms in total. The van der Waals surface area contributed by atoms with Gasteiger partial charge in [-0.25, -0.2) is 9.59 Å². The summed E-state index contributed by atoms with van der Waals surface area (Å²) in [4.78, 5) is 44.0. The van der Waals surface area contributed by atoms with Crippen molar-refractivity contribution in [3.63, 3.8) is 0 Å². The average molecular weight is 605 g/mol. The van der Waals surface area contributed by atoms with Crippen LogP contribution in [0.3, 0.4) is 0 Å². The molecule has 43 heavy (non-hydrogen) atoms. The number of amides is 3. The summed E-state index contributed by atoms with van der Waals surface area (Å²) >= 11 is 6.48. The zero-order valence-electron chi connectivity index (χ0n) is 25.0. The van der Waals surface area contributed by atoms with Crippen LogP contribution in [0.2, 0.25) is 5.02 Å². The Labute approximate surface area is 259 Å². The van der Waals surface area contributed by atoms with Crippen molar-refractivity contribution in [2.24, 2.45) is 5.41 Å². The molecule has 7 rings (SSSR count). The SMILES string of the molecule is O=C(O)N1CCC2(CC1)CC[N+](C(=O)c1ccc3c(c1)C(N(C(=O)c1ccccc1Cl)C1CC1)CC3)(C1CCCCC1)C2. The molecule has 0 bridgehead atoms. The summed E-state index contributed by atoms with van der Waals surface area (Å²) in [6.45, 7) is 2.79. The first-order valence-corrected chi connectivity index (χ1v) is 16.8. The number of hydrogen-bond acceptors (Lipinski definition) is 3. The molecule has 2 aromatic carbocycles. The summed E-state index contributed by atoms with van der Waals surface area (Å²) in [5.41, 5.74) is 3.72. The van der Waals surface area contributed by atoms with Gasteiger partial charge in [-0.05, 0) is 99.6 Å². The Hall–Kier alpha value is -2.90. The number of piperidine rings is 1. The second kappa shape index (κ2) is 11.2. The quantitative estimate of drug-likeness (QED) is 0.370. The van der Waals surface area contributed by atoms with Crippen molar-refractivity contribution in [2.45, 2.75) is 95.2 Å². The third kappa shape index (κ3) is 5.16. The molecule has 3 aliphatic carbocycles. The fraction of sp³-hybridized carbons (Fsp3) is 0.571. The Morgan fingerprint density at radius 2 is 1.67 bits per heavy atom. The lowest BCUT2D eigenvalue weighted by atomic mass is 9.77. The minimum absolute atomic E-state index is 0.0115. The van der Waals surface area contributed by atoms with E-state index in [0.29, 0.717) is 34.2 Å². The number of quaternary nitrogens is 1. The minimum atomic E-state index is -0.835. The van der Waals surface area contributed by atoms with Crippen molar-refractivity contribution in [3.8, 4) is 0 Å². The zero-order valence-corrected chi connectivity index (χ0v) is 25.7. The van der Waals surface area contributed by atoms with Gasteiger partial charge in [0.15, 0.2) is 0 Å². The Morgan fingerprint density at radius 1 is 0.930 bits per heavy atom. The van der Waals surface area contributed by atoms with Crippen LogP contribution in [0, 0.1) is 5.41 Å². The van der Waals surface area contributed by atoms with E-state index in [1.54, 1.807) is 6.07 Å². The van der Waals surface area contributed by atoms with Gasteiger partial charge in [-0.2, -0.15) is 0 Å². The number of hydrogen-bond donors (Lipinski definition) is 1. The second-order valence-electron chi connectivity index (χ2n) is 13.9. The van der Waals surface area contributed by atoms with Gasteiger partial charge in [-0.3, -0.25) is 9.28 Å². The molecule has 4 fully saturated rings. The second-order valence-corrected chi connectivity index (χ2v) is 14.3. The van der Waals surface area contributed by atoms with Crippen molar-refractivity contribution >= 4 is 29.5 Å². The Balaban J connectivity index is 1.20. The predicted molar refractivity (Wildman–Crippen MR) is 165 cm³/mol. The van der Waals surface area contributed by atoms with Crippen LogP contribution < -0.4 is 0 Å². The third-order valence-corrected chi connectivity index (χ3v) is 11.8. The van der Waals surface area contributed by atoms with Gasteiger partial charge in [-0.15, -0.1) is 0 Å². The Bertz CT molecular complexity index is 1430. The van der Waals surface area contributed by atoms with Crippen molar-refractivity contribution in [2.75, 3.05) is 26.2 Å². The monoisotopic (exact) mass is 604 g/mol. The molecule has 8 heteroatoms. The molecule has 2 saturated heterocycles. The Morgan fingerprint density at radius 3 is 2.37 bits per heavy atom. The largest absolute Gasteiger partial charge is 0.465 e. The van der Waals surface area contributed by atoms with Gasteiger partial charge in [0, 0.05) is 31.0 Å². The summed E-state index contributed by atoms with van der Waals surface area (Å²) in [7, 11) is 0. The first kappa shape index (κ1) is 28.8. The van der Waals surface area contributed by atoms with E-state index >= 15 is 0 Å². The van der Waals surface area contributed by atoms with Crippen LogP contribution >= 0.6 is 11.6 Å². The molecule has 5 aliphatic rings. The molecular weight excluding hydrogens is 562 g/mol. The van der Waals surface area contributed by atoms with E-state index in [2.05, 4.69) is 17.0 Å². The summed E-state index contributed by atoms with van der Waals surface area (Å²) < 4.78 is 0.515. The van der Waals surface area contributed by atoms with E-state index < -0.39 is 6.09 Å². The lowest BCUT2D eigenvalue weighted by Crippen LogP contribution is -2.59. The smallest absolute Gasteiger partial charge is 0.407 e. The van der Waals surface area contributed by atoms with E-state index in [4.69, 9.17) is 11.6 Å². The van der Waals surface area contributed by atoms with E-state index in [1.165, 1.54) is 29.7 Å². The molecule has 1 spiro atoms. The first-order valence-electron chi connectivity index (χ1n) is 16.4. The molecule has 2 aliphatic heterocycles. The molecule has 2 heterocycles. The van der Waals surface area contributed by atoms with Crippen LogP contribution in [-0.2, 0) is 6.42 Å². The molecule has 2 saturated carbocycles. The summed E-state index contributed by atoms with van der Waals surface area (Å²) in [6.07, 6.45) is 11.3. The molecule has 228 valence electrons. The molecule has 2 aromatic rings. The highest BCUT2D eigenvalue weighted by Crippen LogP contribution is 2.49. The average Bonchev–Trinajstić information content (AvgIpc) is 3.67. The number of rotatable bonds is 5. The zero-order chi connectivity index (χ0) is 29.8. The van der Waals surface area contributed by atoms with Crippen LogP contribution in [0.5, 0.6) is 0 Å². The number of aryl methyl sites for hydroxylation is 1. The lowest BCUT2D eigenvalue weighted by molar-refractivity contribution is -0.867. The van der Waals surface area contributed by atoms with Gasteiger partial charge in [0.25, 0.3) is 5.91 Å². The first-order chi connectivity index (χ1) is 20.8. The molecule has 0 radical (unpaired) electrons. The van der Waals surface area contributed by atoms with Crippen LogP contribution in [0.4, 0.5) is 4.79 Å². The van der Waals surface area contributed by atoms with Crippen LogP contribution in [0.1, 0.15) is 109 Å². The molecule has 1 N–H and O–H groups in total. The molecule has 0 aromatic heterocycles. The fourth-order valence-corrected chi connectivity index (χ4v) is 9.16.